The van der Waals surface area contributed by atoms with Gasteiger partial charge in [0, 0.05) is 12.1 Å². The van der Waals surface area contributed by atoms with Crippen molar-refractivity contribution in [3.63, 3.8) is 0 Å². The van der Waals surface area contributed by atoms with Crippen LogP contribution in [0.3, 0.4) is 0 Å². The van der Waals surface area contributed by atoms with Crippen molar-refractivity contribution in [2.24, 2.45) is 5.92 Å². The van der Waals surface area contributed by atoms with Crippen molar-refractivity contribution in [2.45, 2.75) is 12.5 Å². The molecule has 100 valence electrons. The summed E-state index contributed by atoms with van der Waals surface area (Å²) in [6, 6.07) is 19.4. The molecule has 1 heterocycles. The van der Waals surface area contributed by atoms with Crippen molar-refractivity contribution < 1.29 is 9.59 Å². The summed E-state index contributed by atoms with van der Waals surface area (Å²) in [5.41, 5.74) is 1.95. The molecule has 1 aliphatic rings. The lowest BCUT2D eigenvalue weighted by Crippen LogP contribution is -2.55. The first-order valence-corrected chi connectivity index (χ1v) is 6.69. The van der Waals surface area contributed by atoms with Crippen LogP contribution in [0.15, 0.2) is 60.7 Å². The van der Waals surface area contributed by atoms with E-state index in [1.165, 1.54) is 0 Å². The van der Waals surface area contributed by atoms with Crippen LogP contribution in [0.1, 0.15) is 18.0 Å². The lowest BCUT2D eigenvalue weighted by Gasteiger charge is -2.47. The van der Waals surface area contributed by atoms with Crippen LogP contribution in [0.25, 0.3) is 0 Å². The van der Waals surface area contributed by atoms with E-state index in [1.54, 1.807) is 4.90 Å². The number of nitrogens with zero attached hydrogens (tertiary/aromatic N) is 1. The number of β-lactam (4-membered cyclic amide) rings is 1. The number of carbonyl (C=O) groups excluding carboxylic acids is 2. The highest BCUT2D eigenvalue weighted by Gasteiger charge is 2.48. The van der Waals surface area contributed by atoms with Gasteiger partial charge in [0.1, 0.15) is 6.29 Å². The highest BCUT2D eigenvalue weighted by molar-refractivity contribution is 6.04. The van der Waals surface area contributed by atoms with Crippen LogP contribution in [0.4, 0.5) is 5.69 Å². The van der Waals surface area contributed by atoms with Gasteiger partial charge in [-0.1, -0.05) is 48.5 Å². The van der Waals surface area contributed by atoms with Crippen LogP contribution < -0.4 is 4.90 Å². The first-order valence-electron chi connectivity index (χ1n) is 6.69. The van der Waals surface area contributed by atoms with E-state index in [-0.39, 0.29) is 24.3 Å². The zero-order chi connectivity index (χ0) is 13.9. The smallest absolute Gasteiger partial charge is 0.233 e. The second-order valence-electron chi connectivity index (χ2n) is 4.91. The molecule has 0 aliphatic carbocycles. The summed E-state index contributed by atoms with van der Waals surface area (Å²) in [4.78, 5) is 24.9. The van der Waals surface area contributed by atoms with E-state index in [9.17, 15) is 9.59 Å². The molecule has 20 heavy (non-hydrogen) atoms. The fourth-order valence-electron chi connectivity index (χ4n) is 2.79. The Labute approximate surface area is 117 Å². The molecule has 2 atom stereocenters. The molecule has 1 aliphatic heterocycles. The molecule has 3 heteroatoms. The van der Waals surface area contributed by atoms with E-state index in [0.29, 0.717) is 0 Å². The Kier molecular flexibility index (Phi) is 3.33. The van der Waals surface area contributed by atoms with Crippen molar-refractivity contribution in [2.75, 3.05) is 4.90 Å². The SMILES string of the molecule is O=CC[C@@H]1C(=O)N(c2ccccc2)[C@H]1c1ccccc1. The maximum atomic E-state index is 12.3. The van der Waals surface area contributed by atoms with E-state index in [0.717, 1.165) is 17.5 Å². The molecule has 0 spiro atoms. The number of anilines is 1. The van der Waals surface area contributed by atoms with Gasteiger partial charge in [-0.3, -0.25) is 4.79 Å². The summed E-state index contributed by atoms with van der Waals surface area (Å²) in [6.45, 7) is 0. The Bertz CT molecular complexity index is 609. The Morgan fingerprint density at radius 2 is 1.55 bits per heavy atom. The largest absolute Gasteiger partial charge is 0.304 e. The minimum absolute atomic E-state index is 0.0251. The minimum Gasteiger partial charge on any atom is -0.304 e. The molecule has 1 amide bonds. The number of para-hydroxylation sites is 1. The molecule has 1 fully saturated rings. The summed E-state index contributed by atoms with van der Waals surface area (Å²) in [6.07, 6.45) is 1.11. The van der Waals surface area contributed by atoms with Crippen LogP contribution >= 0.6 is 0 Å². The number of aldehydes is 1. The molecule has 0 bridgehead atoms. The van der Waals surface area contributed by atoms with Gasteiger partial charge < -0.3 is 9.69 Å². The van der Waals surface area contributed by atoms with Gasteiger partial charge in [-0.05, 0) is 17.7 Å². The van der Waals surface area contributed by atoms with Crippen LogP contribution in [0.2, 0.25) is 0 Å². The topological polar surface area (TPSA) is 37.4 Å². The average molecular weight is 265 g/mol. The standard InChI is InChI=1S/C17H15NO2/c19-12-11-15-16(13-7-3-1-4-8-13)18(17(15)20)14-9-5-2-6-10-14/h1-10,12,15-16H,11H2/t15-,16-/m0/s1. The monoisotopic (exact) mass is 265 g/mol. The number of rotatable bonds is 4. The van der Waals surface area contributed by atoms with Gasteiger partial charge in [-0.15, -0.1) is 0 Å². The molecule has 2 aromatic carbocycles. The summed E-state index contributed by atoms with van der Waals surface area (Å²) in [5.74, 6) is -0.216. The highest BCUT2D eigenvalue weighted by Crippen LogP contribution is 2.44. The van der Waals surface area contributed by atoms with Crippen molar-refractivity contribution in [1.82, 2.24) is 0 Å². The van der Waals surface area contributed by atoms with Crippen LogP contribution in [-0.4, -0.2) is 12.2 Å². The molecular weight excluding hydrogens is 250 g/mol. The molecule has 0 aromatic heterocycles. The van der Waals surface area contributed by atoms with E-state index in [4.69, 9.17) is 0 Å². The Morgan fingerprint density at radius 3 is 2.15 bits per heavy atom. The van der Waals surface area contributed by atoms with Gasteiger partial charge in [-0.25, -0.2) is 0 Å². The van der Waals surface area contributed by atoms with Crippen molar-refractivity contribution in [3.8, 4) is 0 Å². The van der Waals surface area contributed by atoms with Gasteiger partial charge in [0.15, 0.2) is 0 Å². The zero-order valence-corrected chi connectivity index (χ0v) is 11.0. The quantitative estimate of drug-likeness (QED) is 0.629. The highest BCUT2D eigenvalue weighted by atomic mass is 16.2. The Hall–Kier alpha value is -2.42. The maximum Gasteiger partial charge on any atom is 0.233 e. The van der Waals surface area contributed by atoms with Crippen molar-refractivity contribution in [3.05, 3.63) is 66.2 Å². The van der Waals surface area contributed by atoms with E-state index < -0.39 is 0 Å². The third-order valence-corrected chi connectivity index (χ3v) is 3.74. The van der Waals surface area contributed by atoms with E-state index in [1.807, 2.05) is 60.7 Å². The third-order valence-electron chi connectivity index (χ3n) is 3.74. The number of hydrogen-bond acceptors (Lipinski definition) is 2. The van der Waals surface area contributed by atoms with Gasteiger partial charge in [0.05, 0.1) is 12.0 Å². The minimum atomic E-state index is -0.241. The molecule has 3 rings (SSSR count). The molecule has 2 aromatic rings. The van der Waals surface area contributed by atoms with Crippen LogP contribution in [0, 0.1) is 5.92 Å². The van der Waals surface area contributed by atoms with Gasteiger partial charge >= 0.3 is 0 Å². The number of carbonyl (C=O) groups is 2. The second kappa shape index (κ2) is 5.29. The summed E-state index contributed by atoms with van der Waals surface area (Å²) in [5, 5.41) is 0. The molecule has 0 N–H and O–H groups in total. The molecular formula is C17H15NO2. The molecule has 3 nitrogen and oxygen atoms in total. The first kappa shape index (κ1) is 12.6. The third kappa shape index (κ3) is 2.01. The lowest BCUT2D eigenvalue weighted by atomic mass is 9.80. The summed E-state index contributed by atoms with van der Waals surface area (Å²) < 4.78 is 0. The summed E-state index contributed by atoms with van der Waals surface area (Å²) in [7, 11) is 0. The van der Waals surface area contributed by atoms with Gasteiger partial charge in [0.2, 0.25) is 5.91 Å². The second-order valence-corrected chi connectivity index (χ2v) is 4.91. The maximum absolute atomic E-state index is 12.3. The van der Waals surface area contributed by atoms with E-state index >= 15 is 0 Å². The Morgan fingerprint density at radius 1 is 0.950 bits per heavy atom. The van der Waals surface area contributed by atoms with Gasteiger partial charge in [0.25, 0.3) is 0 Å². The predicted octanol–water partition coefficient (Wildman–Crippen LogP) is 2.98. The molecule has 0 unspecified atom stereocenters. The van der Waals surface area contributed by atoms with Crippen molar-refractivity contribution >= 4 is 17.9 Å². The number of benzene rings is 2. The zero-order valence-electron chi connectivity index (χ0n) is 11.0. The van der Waals surface area contributed by atoms with E-state index in [2.05, 4.69) is 0 Å². The van der Waals surface area contributed by atoms with Crippen molar-refractivity contribution in [1.29, 1.82) is 0 Å². The van der Waals surface area contributed by atoms with Crippen LogP contribution in [0.5, 0.6) is 0 Å². The number of hydrogen-bond donors (Lipinski definition) is 0. The fourth-order valence-corrected chi connectivity index (χ4v) is 2.79. The van der Waals surface area contributed by atoms with Crippen LogP contribution in [-0.2, 0) is 9.59 Å². The summed E-state index contributed by atoms with van der Waals surface area (Å²) >= 11 is 0. The first-order chi connectivity index (χ1) is 9.83. The fraction of sp³-hybridized carbons (Fsp3) is 0.176. The normalized spacial score (nSPS) is 21.4. The molecule has 0 radical (unpaired) electrons. The average Bonchev–Trinajstić information content (AvgIpc) is 2.51. The lowest BCUT2D eigenvalue weighted by molar-refractivity contribution is -0.132. The Balaban J connectivity index is 1.97. The predicted molar refractivity (Wildman–Crippen MR) is 77.3 cm³/mol. The molecule has 0 saturated carbocycles. The van der Waals surface area contributed by atoms with Gasteiger partial charge in [-0.2, -0.15) is 0 Å². The number of amides is 1. The molecule has 1 saturated heterocycles.